The molecule has 0 aliphatic carbocycles. The van der Waals surface area contributed by atoms with E-state index in [0.29, 0.717) is 11.6 Å². The van der Waals surface area contributed by atoms with Gasteiger partial charge in [-0.15, -0.1) is 0 Å². The molecule has 3 rings (SSSR count). The first-order chi connectivity index (χ1) is 9.43. The van der Waals surface area contributed by atoms with Crippen molar-refractivity contribution in [3.63, 3.8) is 0 Å². The molecule has 1 aromatic carbocycles. The quantitative estimate of drug-likeness (QED) is 0.869. The minimum atomic E-state index is -2.88. The summed E-state index contributed by atoms with van der Waals surface area (Å²) in [6.07, 6.45) is -0.259. The molecule has 1 aromatic heterocycles. The molecule has 0 atom stereocenters. The average Bonchev–Trinajstić information content (AvgIpc) is 2.76. The van der Waals surface area contributed by atoms with Crippen LogP contribution in [0.3, 0.4) is 0 Å². The second-order valence-electron chi connectivity index (χ2n) is 4.67. The summed E-state index contributed by atoms with van der Waals surface area (Å²) < 4.78 is 28.6. The van der Waals surface area contributed by atoms with Gasteiger partial charge in [-0.3, -0.25) is 5.10 Å². The van der Waals surface area contributed by atoms with Gasteiger partial charge in [-0.25, -0.2) is 8.42 Å². The third-order valence-electron chi connectivity index (χ3n) is 3.01. The van der Waals surface area contributed by atoms with Crippen LogP contribution in [0.2, 0.25) is 0 Å². The predicted octanol–water partition coefficient (Wildman–Crippen LogP) is 1.60. The smallest absolute Gasteiger partial charge is 0.157 e. The monoisotopic (exact) mass is 357 g/mol. The average molecular weight is 358 g/mol. The van der Waals surface area contributed by atoms with Crippen molar-refractivity contribution in [2.24, 2.45) is 0 Å². The first kappa shape index (κ1) is 13.4. The van der Waals surface area contributed by atoms with Crippen molar-refractivity contribution < 1.29 is 13.2 Å². The van der Waals surface area contributed by atoms with E-state index in [9.17, 15) is 8.42 Å². The largest absolute Gasteiger partial charge is 0.487 e. The number of ether oxygens (including phenoxy) is 1. The highest BCUT2D eigenvalue weighted by Gasteiger charge is 2.35. The van der Waals surface area contributed by atoms with E-state index in [-0.39, 0.29) is 17.6 Å². The molecule has 2 heterocycles. The van der Waals surface area contributed by atoms with E-state index in [0.717, 1.165) is 15.7 Å². The van der Waals surface area contributed by atoms with Crippen LogP contribution in [0.4, 0.5) is 5.82 Å². The van der Waals surface area contributed by atoms with Crippen LogP contribution in [0.25, 0.3) is 11.3 Å². The molecule has 0 saturated carbocycles. The molecule has 0 amide bonds. The Kier molecular flexibility index (Phi) is 3.21. The Morgan fingerprint density at radius 1 is 1.35 bits per heavy atom. The predicted molar refractivity (Wildman–Crippen MR) is 79.2 cm³/mol. The molecular formula is C12H12BrN3O3S. The number of aromatic nitrogens is 2. The summed E-state index contributed by atoms with van der Waals surface area (Å²) in [6.45, 7) is 0. The second kappa shape index (κ2) is 4.78. The van der Waals surface area contributed by atoms with Gasteiger partial charge in [0.2, 0.25) is 0 Å². The standard InChI is InChI=1S/C12H12BrN3O3S/c13-9-3-7(10-4-12(14)16-15-10)1-2-11(9)19-8-5-20(17,18)6-8/h1-4,8H,5-6H2,(H3,14,15,16). The Hall–Kier alpha value is -1.54. The number of benzene rings is 1. The zero-order chi connectivity index (χ0) is 14.3. The minimum Gasteiger partial charge on any atom is -0.487 e. The normalized spacial score (nSPS) is 17.6. The van der Waals surface area contributed by atoms with Crippen LogP contribution in [0, 0.1) is 0 Å². The molecule has 6 nitrogen and oxygen atoms in total. The highest BCUT2D eigenvalue weighted by molar-refractivity contribution is 9.10. The fraction of sp³-hybridized carbons (Fsp3) is 0.250. The van der Waals surface area contributed by atoms with Crippen LogP contribution in [-0.4, -0.2) is 36.2 Å². The summed E-state index contributed by atoms with van der Waals surface area (Å²) >= 11 is 3.42. The van der Waals surface area contributed by atoms with Gasteiger partial charge in [-0.2, -0.15) is 5.10 Å². The van der Waals surface area contributed by atoms with Crippen molar-refractivity contribution in [2.75, 3.05) is 17.2 Å². The maximum atomic E-state index is 11.1. The Morgan fingerprint density at radius 3 is 2.65 bits per heavy atom. The van der Waals surface area contributed by atoms with Gasteiger partial charge in [0.1, 0.15) is 17.7 Å². The lowest BCUT2D eigenvalue weighted by atomic mass is 10.1. The lowest BCUT2D eigenvalue weighted by Crippen LogP contribution is -2.45. The highest BCUT2D eigenvalue weighted by Crippen LogP contribution is 2.32. The Bertz CT molecular complexity index is 745. The summed E-state index contributed by atoms with van der Waals surface area (Å²) in [5.74, 6) is 1.22. The van der Waals surface area contributed by atoms with E-state index in [1.54, 1.807) is 12.1 Å². The minimum absolute atomic E-state index is 0.0816. The Balaban J connectivity index is 1.78. The first-order valence-electron chi connectivity index (χ1n) is 5.91. The molecule has 0 radical (unpaired) electrons. The summed E-state index contributed by atoms with van der Waals surface area (Å²) in [4.78, 5) is 0. The topological polar surface area (TPSA) is 98.1 Å². The Morgan fingerprint density at radius 2 is 2.10 bits per heavy atom. The van der Waals surface area contributed by atoms with E-state index in [2.05, 4.69) is 26.1 Å². The second-order valence-corrected chi connectivity index (χ2v) is 7.68. The number of anilines is 1. The van der Waals surface area contributed by atoms with Crippen molar-refractivity contribution in [1.29, 1.82) is 0 Å². The third-order valence-corrected chi connectivity index (χ3v) is 5.39. The van der Waals surface area contributed by atoms with Crippen LogP contribution in [0.5, 0.6) is 5.75 Å². The van der Waals surface area contributed by atoms with Crippen LogP contribution in [0.15, 0.2) is 28.7 Å². The molecule has 8 heteroatoms. The fourth-order valence-corrected chi connectivity index (χ4v) is 3.66. The van der Waals surface area contributed by atoms with Gasteiger partial charge in [0, 0.05) is 11.6 Å². The van der Waals surface area contributed by atoms with Crippen LogP contribution in [0.1, 0.15) is 0 Å². The van der Waals surface area contributed by atoms with Crippen molar-refractivity contribution in [3.05, 3.63) is 28.7 Å². The van der Waals surface area contributed by atoms with E-state index >= 15 is 0 Å². The van der Waals surface area contributed by atoms with E-state index in [4.69, 9.17) is 10.5 Å². The van der Waals surface area contributed by atoms with Gasteiger partial charge in [-0.1, -0.05) is 0 Å². The summed E-state index contributed by atoms with van der Waals surface area (Å²) in [7, 11) is -2.88. The highest BCUT2D eigenvalue weighted by atomic mass is 79.9. The number of nitrogens with zero attached hydrogens (tertiary/aromatic N) is 1. The first-order valence-corrected chi connectivity index (χ1v) is 8.52. The zero-order valence-corrected chi connectivity index (χ0v) is 12.7. The number of hydrogen-bond donors (Lipinski definition) is 2. The summed E-state index contributed by atoms with van der Waals surface area (Å²) in [6, 6.07) is 7.26. The SMILES string of the molecule is Nc1cc(-c2ccc(OC3CS(=O)(=O)C3)c(Br)c2)[nH]n1. The fourth-order valence-electron chi connectivity index (χ4n) is 2.01. The number of nitrogens with one attached hydrogen (secondary N) is 1. The molecule has 0 spiro atoms. The van der Waals surface area contributed by atoms with E-state index in [1.165, 1.54) is 0 Å². The van der Waals surface area contributed by atoms with Gasteiger partial charge >= 0.3 is 0 Å². The van der Waals surface area contributed by atoms with Gasteiger partial charge in [0.05, 0.1) is 21.7 Å². The molecule has 1 fully saturated rings. The van der Waals surface area contributed by atoms with Gasteiger partial charge in [0.25, 0.3) is 0 Å². The van der Waals surface area contributed by atoms with Crippen molar-refractivity contribution >= 4 is 31.6 Å². The number of rotatable bonds is 3. The molecule has 20 heavy (non-hydrogen) atoms. The molecule has 1 aliphatic rings. The van der Waals surface area contributed by atoms with Gasteiger partial charge < -0.3 is 10.5 Å². The van der Waals surface area contributed by atoms with E-state index in [1.807, 2.05) is 12.1 Å². The Labute approximate surface area is 124 Å². The third kappa shape index (κ3) is 2.66. The number of aromatic amines is 1. The van der Waals surface area contributed by atoms with E-state index < -0.39 is 9.84 Å². The molecule has 1 aliphatic heterocycles. The maximum Gasteiger partial charge on any atom is 0.157 e. The van der Waals surface area contributed by atoms with Crippen molar-refractivity contribution in [1.82, 2.24) is 10.2 Å². The van der Waals surface area contributed by atoms with Crippen LogP contribution in [-0.2, 0) is 9.84 Å². The zero-order valence-electron chi connectivity index (χ0n) is 10.3. The van der Waals surface area contributed by atoms with Crippen LogP contribution >= 0.6 is 15.9 Å². The molecule has 3 N–H and O–H groups in total. The molecule has 1 saturated heterocycles. The number of nitrogen functional groups attached to an aromatic ring is 1. The lowest BCUT2D eigenvalue weighted by molar-refractivity contribution is 0.229. The molecule has 0 bridgehead atoms. The number of H-pyrrole nitrogens is 1. The number of sulfone groups is 1. The lowest BCUT2D eigenvalue weighted by Gasteiger charge is -2.27. The molecule has 106 valence electrons. The molecule has 2 aromatic rings. The van der Waals surface area contributed by atoms with Crippen LogP contribution < -0.4 is 10.5 Å². The van der Waals surface area contributed by atoms with Gasteiger partial charge in [-0.05, 0) is 34.1 Å². The number of nitrogens with two attached hydrogens (primary N) is 1. The molecular weight excluding hydrogens is 346 g/mol. The summed E-state index contributed by atoms with van der Waals surface area (Å²) in [5, 5.41) is 6.70. The summed E-state index contributed by atoms with van der Waals surface area (Å²) in [5.41, 5.74) is 7.28. The number of hydrogen-bond acceptors (Lipinski definition) is 5. The van der Waals surface area contributed by atoms with Gasteiger partial charge in [0.15, 0.2) is 9.84 Å². The maximum absolute atomic E-state index is 11.1. The van der Waals surface area contributed by atoms with Crippen molar-refractivity contribution in [2.45, 2.75) is 6.10 Å². The molecule has 0 unspecified atom stereocenters. The van der Waals surface area contributed by atoms with Crippen molar-refractivity contribution in [3.8, 4) is 17.0 Å². The number of halogens is 1.